The fraction of sp³-hybridized carbons (Fsp3) is 0.150. The lowest BCUT2D eigenvalue weighted by Crippen LogP contribution is -2.29. The highest BCUT2D eigenvalue weighted by Gasteiger charge is 2.15. The van der Waals surface area contributed by atoms with E-state index in [9.17, 15) is 4.79 Å². The molecule has 0 radical (unpaired) electrons. The molecule has 27 heavy (non-hydrogen) atoms. The minimum absolute atomic E-state index is 0.0221. The Morgan fingerprint density at radius 1 is 1.19 bits per heavy atom. The highest BCUT2D eigenvalue weighted by molar-refractivity contribution is 6.01. The van der Waals surface area contributed by atoms with Gasteiger partial charge in [-0.25, -0.2) is 9.98 Å². The summed E-state index contributed by atoms with van der Waals surface area (Å²) in [4.78, 5) is 19.8. The van der Waals surface area contributed by atoms with Gasteiger partial charge < -0.3 is 15.2 Å². The summed E-state index contributed by atoms with van der Waals surface area (Å²) in [6.07, 6.45) is 0.477. The van der Waals surface area contributed by atoms with E-state index in [1.807, 2.05) is 43.3 Å². The van der Waals surface area contributed by atoms with Crippen LogP contribution in [0.25, 0.3) is 22.2 Å². The lowest BCUT2D eigenvalue weighted by molar-refractivity contribution is -0.108. The molecular formula is C20H20N4O3. The number of benzene rings is 2. The number of nitrogens with one attached hydrogen (secondary N) is 1. The van der Waals surface area contributed by atoms with Gasteiger partial charge in [0.2, 0.25) is 6.41 Å². The van der Waals surface area contributed by atoms with Crippen molar-refractivity contribution < 1.29 is 14.3 Å². The van der Waals surface area contributed by atoms with Gasteiger partial charge in [-0.2, -0.15) is 0 Å². The van der Waals surface area contributed by atoms with E-state index >= 15 is 0 Å². The summed E-state index contributed by atoms with van der Waals surface area (Å²) >= 11 is 0. The number of guanidine groups is 1. The highest BCUT2D eigenvalue weighted by Crippen LogP contribution is 2.39. The van der Waals surface area contributed by atoms with E-state index in [0.29, 0.717) is 34.5 Å². The van der Waals surface area contributed by atoms with Gasteiger partial charge >= 0.3 is 0 Å². The average molecular weight is 364 g/mol. The maximum absolute atomic E-state index is 10.7. The zero-order valence-electron chi connectivity index (χ0n) is 15.3. The maximum atomic E-state index is 10.7. The van der Waals surface area contributed by atoms with Crippen LogP contribution in [0.3, 0.4) is 0 Å². The van der Waals surface area contributed by atoms with E-state index in [-0.39, 0.29) is 5.96 Å². The second-order valence-corrected chi connectivity index (χ2v) is 5.82. The zero-order chi connectivity index (χ0) is 19.4. The van der Waals surface area contributed by atoms with Gasteiger partial charge in [0, 0.05) is 17.7 Å². The molecule has 2 aromatic carbocycles. The number of aliphatic imine (C=N–C) groups is 1. The molecule has 1 aromatic heterocycles. The number of nitrogens with zero attached hydrogens (tertiary/aromatic N) is 2. The third-order valence-corrected chi connectivity index (χ3v) is 4.15. The van der Waals surface area contributed by atoms with Crippen molar-refractivity contribution in [2.75, 3.05) is 14.2 Å². The molecule has 1 heterocycles. The monoisotopic (exact) mass is 364 g/mol. The number of pyridine rings is 1. The SMILES string of the molecule is COc1cc(OC)c2c(N=C(N)NC=O)cc(-c3ccccc3C)nc2c1. The Labute approximate surface area is 156 Å². The summed E-state index contributed by atoms with van der Waals surface area (Å²) in [6.45, 7) is 2.01. The number of ether oxygens (including phenoxy) is 2. The van der Waals surface area contributed by atoms with E-state index in [0.717, 1.165) is 16.8 Å². The molecule has 7 heteroatoms. The van der Waals surface area contributed by atoms with Gasteiger partial charge in [0.25, 0.3) is 0 Å². The molecule has 3 rings (SSSR count). The molecule has 0 bridgehead atoms. The summed E-state index contributed by atoms with van der Waals surface area (Å²) in [7, 11) is 3.14. The molecule has 0 spiro atoms. The van der Waals surface area contributed by atoms with Crippen LogP contribution in [-0.2, 0) is 4.79 Å². The van der Waals surface area contributed by atoms with E-state index in [1.165, 1.54) is 0 Å². The van der Waals surface area contributed by atoms with Crippen molar-refractivity contribution in [3.63, 3.8) is 0 Å². The van der Waals surface area contributed by atoms with Crippen LogP contribution in [0, 0.1) is 6.92 Å². The number of hydrogen-bond donors (Lipinski definition) is 2. The number of nitrogens with two attached hydrogens (primary N) is 1. The Hall–Kier alpha value is -3.61. The third-order valence-electron chi connectivity index (χ3n) is 4.15. The van der Waals surface area contributed by atoms with Crippen LogP contribution in [0.4, 0.5) is 5.69 Å². The molecule has 0 fully saturated rings. The number of amides is 1. The predicted molar refractivity (Wildman–Crippen MR) is 106 cm³/mol. The predicted octanol–water partition coefficient (Wildman–Crippen LogP) is 2.92. The number of carbonyl (C=O) groups excluding carboxylic acids is 1. The maximum Gasteiger partial charge on any atom is 0.213 e. The van der Waals surface area contributed by atoms with E-state index < -0.39 is 0 Å². The van der Waals surface area contributed by atoms with Crippen molar-refractivity contribution in [1.29, 1.82) is 0 Å². The first-order valence-electron chi connectivity index (χ1n) is 8.24. The molecule has 7 nitrogen and oxygen atoms in total. The first kappa shape index (κ1) is 18.2. The lowest BCUT2D eigenvalue weighted by Gasteiger charge is -2.13. The fourth-order valence-electron chi connectivity index (χ4n) is 2.87. The van der Waals surface area contributed by atoms with Crippen LogP contribution in [-0.4, -0.2) is 31.6 Å². The minimum atomic E-state index is -0.0221. The van der Waals surface area contributed by atoms with Crippen molar-refractivity contribution >= 4 is 29.0 Å². The van der Waals surface area contributed by atoms with Gasteiger partial charge in [0.05, 0.1) is 36.5 Å². The Bertz CT molecular complexity index is 1030. The fourth-order valence-corrected chi connectivity index (χ4v) is 2.87. The summed E-state index contributed by atoms with van der Waals surface area (Å²) in [5.41, 5.74) is 9.75. The molecule has 3 aromatic rings. The number of methoxy groups -OCH3 is 2. The van der Waals surface area contributed by atoms with Gasteiger partial charge in [0.15, 0.2) is 5.96 Å². The third kappa shape index (κ3) is 3.67. The molecule has 138 valence electrons. The largest absolute Gasteiger partial charge is 0.497 e. The van der Waals surface area contributed by atoms with Crippen molar-refractivity contribution in [3.05, 3.63) is 48.0 Å². The lowest BCUT2D eigenvalue weighted by atomic mass is 10.0. The Morgan fingerprint density at radius 3 is 2.63 bits per heavy atom. The molecular weight excluding hydrogens is 344 g/mol. The summed E-state index contributed by atoms with van der Waals surface area (Å²) < 4.78 is 10.9. The van der Waals surface area contributed by atoms with E-state index in [1.54, 1.807) is 20.3 Å². The smallest absolute Gasteiger partial charge is 0.213 e. The Morgan fingerprint density at radius 2 is 1.96 bits per heavy atom. The van der Waals surface area contributed by atoms with Crippen molar-refractivity contribution in [2.24, 2.45) is 10.7 Å². The molecule has 0 saturated heterocycles. The second-order valence-electron chi connectivity index (χ2n) is 5.82. The topological polar surface area (TPSA) is 98.8 Å². The molecule has 1 amide bonds. The molecule has 0 aliphatic carbocycles. The van der Waals surface area contributed by atoms with Crippen molar-refractivity contribution in [3.8, 4) is 22.8 Å². The number of fused-ring (bicyclic) bond motifs is 1. The van der Waals surface area contributed by atoms with Crippen molar-refractivity contribution in [2.45, 2.75) is 6.92 Å². The van der Waals surface area contributed by atoms with Crippen LogP contribution >= 0.6 is 0 Å². The van der Waals surface area contributed by atoms with Gasteiger partial charge in [-0.1, -0.05) is 24.3 Å². The number of aromatic nitrogens is 1. The number of aryl methyl sites for hydroxylation is 1. The molecule has 0 saturated carbocycles. The van der Waals surface area contributed by atoms with Gasteiger partial charge in [-0.05, 0) is 18.6 Å². The molecule has 0 atom stereocenters. The first-order valence-corrected chi connectivity index (χ1v) is 8.24. The molecule has 0 aliphatic heterocycles. The first-order chi connectivity index (χ1) is 13.1. The highest BCUT2D eigenvalue weighted by atomic mass is 16.5. The molecule has 3 N–H and O–H groups in total. The zero-order valence-corrected chi connectivity index (χ0v) is 15.3. The van der Waals surface area contributed by atoms with Crippen LogP contribution < -0.4 is 20.5 Å². The number of rotatable bonds is 5. The summed E-state index contributed by atoms with van der Waals surface area (Å²) in [6, 6.07) is 13.3. The average Bonchev–Trinajstić information content (AvgIpc) is 2.67. The number of carbonyl (C=O) groups is 1. The summed E-state index contributed by atoms with van der Waals surface area (Å²) in [5, 5.41) is 3.02. The van der Waals surface area contributed by atoms with Crippen LogP contribution in [0.1, 0.15) is 5.56 Å². The minimum Gasteiger partial charge on any atom is -0.497 e. The molecule has 0 unspecified atom stereocenters. The quantitative estimate of drug-likeness (QED) is 0.412. The standard InChI is InChI=1S/C20H20N4O3/c1-12-6-4-5-7-14(12)15-10-17(24-20(21)22-11-25)19-16(23-15)8-13(26-2)9-18(19)27-3/h4-11H,1-3H3,(H3,21,22,23,24,25). The number of hydrogen-bond acceptors (Lipinski definition) is 5. The van der Waals surface area contributed by atoms with Crippen LogP contribution in [0.2, 0.25) is 0 Å². The molecule has 0 aliphatic rings. The van der Waals surface area contributed by atoms with E-state index in [4.69, 9.17) is 20.2 Å². The van der Waals surface area contributed by atoms with E-state index in [2.05, 4.69) is 10.3 Å². The normalized spacial score (nSPS) is 11.3. The second kappa shape index (κ2) is 7.74. The van der Waals surface area contributed by atoms with Crippen molar-refractivity contribution in [1.82, 2.24) is 10.3 Å². The Kier molecular flexibility index (Phi) is 5.21. The Balaban J connectivity index is 2.36. The van der Waals surface area contributed by atoms with Crippen LogP contribution in [0.5, 0.6) is 11.5 Å². The van der Waals surface area contributed by atoms with Crippen LogP contribution in [0.15, 0.2) is 47.5 Å². The summed E-state index contributed by atoms with van der Waals surface area (Å²) in [5.74, 6) is 1.14. The van der Waals surface area contributed by atoms with Gasteiger partial charge in [-0.15, -0.1) is 0 Å². The van der Waals surface area contributed by atoms with Gasteiger partial charge in [0.1, 0.15) is 11.5 Å². The van der Waals surface area contributed by atoms with Gasteiger partial charge in [-0.3, -0.25) is 10.1 Å².